The molecule has 0 saturated carbocycles. The molecule has 4 heteroatoms. The van der Waals surface area contributed by atoms with Gasteiger partial charge in [0, 0.05) is 18.5 Å². The van der Waals surface area contributed by atoms with Crippen LogP contribution in [0.1, 0.15) is 24.3 Å². The molecule has 1 amide bonds. The second kappa shape index (κ2) is 6.39. The van der Waals surface area contributed by atoms with Gasteiger partial charge >= 0.3 is 0 Å². The van der Waals surface area contributed by atoms with Gasteiger partial charge in [-0.25, -0.2) is 4.98 Å². The van der Waals surface area contributed by atoms with Crippen molar-refractivity contribution in [3.8, 4) is 5.75 Å². The Labute approximate surface area is 125 Å². The van der Waals surface area contributed by atoms with Crippen LogP contribution in [-0.2, 0) is 0 Å². The fourth-order valence-electron chi connectivity index (χ4n) is 2.16. The summed E-state index contributed by atoms with van der Waals surface area (Å²) in [7, 11) is 1.63. The van der Waals surface area contributed by atoms with Gasteiger partial charge in [-0.15, -0.1) is 0 Å². The zero-order valence-electron chi connectivity index (χ0n) is 12.7. The predicted molar refractivity (Wildman–Crippen MR) is 84.7 cm³/mol. The molecule has 2 rings (SSSR count). The quantitative estimate of drug-likeness (QED) is 0.791. The predicted octanol–water partition coefficient (Wildman–Crippen LogP) is 3.28. The Morgan fingerprint density at radius 2 is 2.10 bits per heavy atom. The van der Waals surface area contributed by atoms with Crippen molar-refractivity contribution >= 4 is 16.8 Å². The average Bonchev–Trinajstić information content (AvgIpc) is 2.50. The van der Waals surface area contributed by atoms with Gasteiger partial charge in [-0.1, -0.05) is 18.2 Å². The van der Waals surface area contributed by atoms with Crippen LogP contribution in [0.4, 0.5) is 0 Å². The van der Waals surface area contributed by atoms with Gasteiger partial charge in [0.15, 0.2) is 0 Å². The van der Waals surface area contributed by atoms with Crippen molar-refractivity contribution in [2.45, 2.75) is 13.8 Å². The first-order valence-electron chi connectivity index (χ1n) is 6.93. The Balaban J connectivity index is 2.33. The third-order valence-electron chi connectivity index (χ3n) is 3.25. The van der Waals surface area contributed by atoms with Gasteiger partial charge < -0.3 is 9.64 Å². The van der Waals surface area contributed by atoms with E-state index in [1.54, 1.807) is 18.1 Å². The molecule has 110 valence electrons. The van der Waals surface area contributed by atoms with Crippen LogP contribution < -0.4 is 4.74 Å². The number of hydrogen-bond acceptors (Lipinski definition) is 3. The summed E-state index contributed by atoms with van der Waals surface area (Å²) in [6.45, 7) is 8.91. The summed E-state index contributed by atoms with van der Waals surface area (Å²) in [6.07, 6.45) is 0. The van der Waals surface area contributed by atoms with E-state index < -0.39 is 0 Å². The highest BCUT2D eigenvalue weighted by Gasteiger charge is 2.15. The number of hydrogen-bond donors (Lipinski definition) is 0. The number of pyridine rings is 1. The highest BCUT2D eigenvalue weighted by molar-refractivity contribution is 5.95. The monoisotopic (exact) mass is 284 g/mol. The number of likely N-dealkylation sites (N-methyl/N-ethyl adjacent to an activating group) is 1. The van der Waals surface area contributed by atoms with E-state index in [4.69, 9.17) is 4.74 Å². The van der Waals surface area contributed by atoms with Gasteiger partial charge in [0.05, 0.1) is 12.6 Å². The zero-order valence-corrected chi connectivity index (χ0v) is 12.7. The Hall–Kier alpha value is -2.36. The van der Waals surface area contributed by atoms with Crippen molar-refractivity contribution in [2.75, 3.05) is 20.2 Å². The minimum Gasteiger partial charge on any atom is -0.497 e. The summed E-state index contributed by atoms with van der Waals surface area (Å²) in [5, 5.41) is 0.953. The molecule has 21 heavy (non-hydrogen) atoms. The number of nitrogens with zero attached hydrogens (tertiary/aromatic N) is 2. The van der Waals surface area contributed by atoms with Gasteiger partial charge in [0.2, 0.25) is 0 Å². The fourth-order valence-corrected chi connectivity index (χ4v) is 2.16. The third-order valence-corrected chi connectivity index (χ3v) is 3.25. The minimum atomic E-state index is -0.0711. The summed E-state index contributed by atoms with van der Waals surface area (Å²) in [4.78, 5) is 18.7. The van der Waals surface area contributed by atoms with Crippen LogP contribution in [0, 0.1) is 0 Å². The molecule has 0 N–H and O–H groups in total. The summed E-state index contributed by atoms with van der Waals surface area (Å²) >= 11 is 0. The van der Waals surface area contributed by atoms with E-state index in [0.29, 0.717) is 18.8 Å². The number of carbonyl (C=O) groups is 1. The molecule has 1 aromatic heterocycles. The number of amides is 1. The van der Waals surface area contributed by atoms with Crippen molar-refractivity contribution in [1.82, 2.24) is 9.88 Å². The Bertz CT molecular complexity index is 680. The van der Waals surface area contributed by atoms with Gasteiger partial charge in [-0.05, 0) is 38.1 Å². The van der Waals surface area contributed by atoms with E-state index in [-0.39, 0.29) is 5.91 Å². The Morgan fingerprint density at radius 3 is 2.71 bits per heavy atom. The normalized spacial score (nSPS) is 10.4. The van der Waals surface area contributed by atoms with Crippen LogP contribution in [0.5, 0.6) is 5.75 Å². The number of ether oxygens (including phenoxy) is 1. The largest absolute Gasteiger partial charge is 0.497 e. The van der Waals surface area contributed by atoms with E-state index in [9.17, 15) is 4.79 Å². The number of aromatic nitrogens is 1. The van der Waals surface area contributed by atoms with Gasteiger partial charge in [-0.3, -0.25) is 4.79 Å². The molecule has 0 fully saturated rings. The Morgan fingerprint density at radius 1 is 1.33 bits per heavy atom. The molecule has 0 aliphatic rings. The lowest BCUT2D eigenvalue weighted by Crippen LogP contribution is -2.32. The van der Waals surface area contributed by atoms with Crippen LogP contribution in [0.15, 0.2) is 42.5 Å². The lowest BCUT2D eigenvalue weighted by molar-refractivity contribution is 0.0773. The standard InChI is InChI=1S/C17H20N2O2/c1-5-19(11-12(2)3)17(20)16-8-6-13-10-14(21-4)7-9-15(13)18-16/h6-10H,2,5,11H2,1,3-4H3. The number of fused-ring (bicyclic) bond motifs is 1. The molecule has 2 aromatic rings. The van der Waals surface area contributed by atoms with Crippen molar-refractivity contribution < 1.29 is 9.53 Å². The molecule has 0 aliphatic heterocycles. The van der Waals surface area contributed by atoms with Gasteiger partial charge in [0.25, 0.3) is 5.91 Å². The number of carbonyl (C=O) groups excluding carboxylic acids is 1. The maximum atomic E-state index is 12.5. The molecule has 0 saturated heterocycles. The summed E-state index contributed by atoms with van der Waals surface area (Å²) in [6, 6.07) is 9.26. The zero-order chi connectivity index (χ0) is 15.4. The molecule has 0 atom stereocenters. The average molecular weight is 284 g/mol. The van der Waals surface area contributed by atoms with Crippen LogP contribution in [0.2, 0.25) is 0 Å². The molecule has 0 radical (unpaired) electrons. The van der Waals surface area contributed by atoms with Crippen molar-refractivity contribution in [3.63, 3.8) is 0 Å². The SMILES string of the molecule is C=C(C)CN(CC)C(=O)c1ccc2cc(OC)ccc2n1. The van der Waals surface area contributed by atoms with Gasteiger partial charge in [-0.2, -0.15) is 0 Å². The Kier molecular flexibility index (Phi) is 4.58. The summed E-state index contributed by atoms with van der Waals surface area (Å²) in [5.74, 6) is 0.707. The van der Waals surface area contributed by atoms with Gasteiger partial charge in [0.1, 0.15) is 11.4 Å². The lowest BCUT2D eigenvalue weighted by Gasteiger charge is -2.20. The number of benzene rings is 1. The third kappa shape index (κ3) is 3.40. The minimum absolute atomic E-state index is 0.0711. The molecule has 0 unspecified atom stereocenters. The molecule has 4 nitrogen and oxygen atoms in total. The molecular formula is C17H20N2O2. The topological polar surface area (TPSA) is 42.4 Å². The van der Waals surface area contributed by atoms with E-state index in [2.05, 4.69) is 11.6 Å². The van der Waals surface area contributed by atoms with Crippen molar-refractivity contribution in [3.05, 3.63) is 48.2 Å². The maximum absolute atomic E-state index is 12.5. The molecule has 0 aliphatic carbocycles. The molecule has 1 heterocycles. The van der Waals surface area contributed by atoms with Crippen molar-refractivity contribution in [1.29, 1.82) is 0 Å². The van der Waals surface area contributed by atoms with E-state index >= 15 is 0 Å². The second-order valence-corrected chi connectivity index (χ2v) is 5.03. The van der Waals surface area contributed by atoms with E-state index in [0.717, 1.165) is 22.2 Å². The number of rotatable bonds is 5. The van der Waals surface area contributed by atoms with E-state index in [1.807, 2.05) is 38.1 Å². The molecule has 1 aromatic carbocycles. The fraction of sp³-hybridized carbons (Fsp3) is 0.294. The molecular weight excluding hydrogens is 264 g/mol. The van der Waals surface area contributed by atoms with Crippen LogP contribution in [0.25, 0.3) is 10.9 Å². The first kappa shape index (κ1) is 15.0. The maximum Gasteiger partial charge on any atom is 0.272 e. The second-order valence-electron chi connectivity index (χ2n) is 5.03. The number of methoxy groups -OCH3 is 1. The van der Waals surface area contributed by atoms with Crippen LogP contribution >= 0.6 is 0 Å². The lowest BCUT2D eigenvalue weighted by atomic mass is 10.2. The first-order valence-corrected chi connectivity index (χ1v) is 6.93. The smallest absolute Gasteiger partial charge is 0.272 e. The highest BCUT2D eigenvalue weighted by atomic mass is 16.5. The molecule has 0 bridgehead atoms. The highest BCUT2D eigenvalue weighted by Crippen LogP contribution is 2.20. The van der Waals surface area contributed by atoms with E-state index in [1.165, 1.54) is 0 Å². The summed E-state index contributed by atoms with van der Waals surface area (Å²) < 4.78 is 5.19. The summed E-state index contributed by atoms with van der Waals surface area (Å²) in [5.41, 5.74) is 2.19. The van der Waals surface area contributed by atoms with Crippen LogP contribution in [-0.4, -0.2) is 36.0 Å². The first-order chi connectivity index (χ1) is 10.0. The molecule has 0 spiro atoms. The van der Waals surface area contributed by atoms with Crippen molar-refractivity contribution in [2.24, 2.45) is 0 Å². The van der Waals surface area contributed by atoms with Crippen LogP contribution in [0.3, 0.4) is 0 Å².